The topological polar surface area (TPSA) is 29.5 Å². The number of ether oxygens (including phenoxy) is 1. The molecule has 0 aromatic carbocycles. The fourth-order valence-corrected chi connectivity index (χ4v) is 3.95. The Balaban J connectivity index is 2.28. The molecule has 0 radical (unpaired) electrons. The van der Waals surface area contributed by atoms with Gasteiger partial charge in [-0.25, -0.2) is 0 Å². The molecular weight excluding hydrogens is 228 g/mol. The van der Waals surface area contributed by atoms with Crippen LogP contribution in [0.25, 0.3) is 9.75 Å². The lowest BCUT2D eigenvalue weighted by Crippen LogP contribution is -2.09. The van der Waals surface area contributed by atoms with Gasteiger partial charge >= 0.3 is 0 Å². The number of aryl methyl sites for hydroxylation is 2. The molecule has 3 heterocycles. The van der Waals surface area contributed by atoms with E-state index in [9.17, 15) is 5.11 Å². The molecule has 2 nitrogen and oxygen atoms in total. The SMILES string of the molecule is Cc1cc2c(s1)-c1sc(C)cc1C(O)O2. The Kier molecular flexibility index (Phi) is 1.92. The highest BCUT2D eigenvalue weighted by atomic mass is 32.1. The summed E-state index contributed by atoms with van der Waals surface area (Å²) < 4.78 is 5.47. The molecule has 0 saturated heterocycles. The number of rotatable bonds is 0. The zero-order chi connectivity index (χ0) is 10.6. The van der Waals surface area contributed by atoms with Crippen molar-refractivity contribution in [2.75, 3.05) is 0 Å². The number of hydrogen-bond donors (Lipinski definition) is 1. The third kappa shape index (κ3) is 1.33. The van der Waals surface area contributed by atoms with E-state index in [0.29, 0.717) is 0 Å². The van der Waals surface area contributed by atoms with E-state index in [2.05, 4.69) is 13.8 Å². The van der Waals surface area contributed by atoms with Crippen LogP contribution >= 0.6 is 22.7 Å². The van der Waals surface area contributed by atoms with Crippen LogP contribution in [0.15, 0.2) is 12.1 Å². The molecule has 1 unspecified atom stereocenters. The van der Waals surface area contributed by atoms with Gasteiger partial charge < -0.3 is 9.84 Å². The van der Waals surface area contributed by atoms with Crippen molar-refractivity contribution in [3.05, 3.63) is 27.5 Å². The smallest absolute Gasteiger partial charge is 0.225 e. The quantitative estimate of drug-likeness (QED) is 0.761. The minimum atomic E-state index is -0.800. The Labute approximate surface area is 95.8 Å². The summed E-state index contributed by atoms with van der Waals surface area (Å²) in [6.45, 7) is 4.11. The molecule has 0 saturated carbocycles. The number of thiophene rings is 2. The Morgan fingerprint density at radius 1 is 1.13 bits per heavy atom. The van der Waals surface area contributed by atoms with Crippen molar-refractivity contribution in [1.82, 2.24) is 0 Å². The van der Waals surface area contributed by atoms with E-state index in [-0.39, 0.29) is 0 Å². The van der Waals surface area contributed by atoms with Crippen LogP contribution in [-0.2, 0) is 0 Å². The Hall–Kier alpha value is -0.840. The van der Waals surface area contributed by atoms with Crippen LogP contribution in [0.2, 0.25) is 0 Å². The minimum absolute atomic E-state index is 0.800. The highest BCUT2D eigenvalue weighted by molar-refractivity contribution is 7.22. The Morgan fingerprint density at radius 2 is 1.80 bits per heavy atom. The predicted octanol–water partition coefficient (Wildman–Crippen LogP) is 3.48. The molecule has 0 bridgehead atoms. The number of hydrogen-bond acceptors (Lipinski definition) is 4. The van der Waals surface area contributed by atoms with Crippen molar-refractivity contribution in [1.29, 1.82) is 0 Å². The molecule has 4 heteroatoms. The van der Waals surface area contributed by atoms with Crippen LogP contribution in [-0.4, -0.2) is 5.11 Å². The van der Waals surface area contributed by atoms with Gasteiger partial charge in [-0.2, -0.15) is 0 Å². The van der Waals surface area contributed by atoms with E-state index in [1.807, 2.05) is 12.1 Å². The maximum Gasteiger partial charge on any atom is 0.225 e. The Bertz CT molecular complexity index is 525. The molecule has 0 amide bonds. The van der Waals surface area contributed by atoms with Crippen LogP contribution in [0.1, 0.15) is 21.6 Å². The number of fused-ring (bicyclic) bond motifs is 3. The summed E-state index contributed by atoms with van der Waals surface area (Å²) in [7, 11) is 0. The maximum absolute atomic E-state index is 9.82. The normalized spacial score (nSPS) is 18.2. The summed E-state index contributed by atoms with van der Waals surface area (Å²) in [5.74, 6) is 0.819. The van der Waals surface area contributed by atoms with E-state index in [1.54, 1.807) is 22.7 Å². The van der Waals surface area contributed by atoms with Gasteiger partial charge in [0.05, 0.1) is 9.75 Å². The lowest BCUT2D eigenvalue weighted by molar-refractivity contribution is -0.0205. The first-order valence-corrected chi connectivity index (χ1v) is 6.34. The van der Waals surface area contributed by atoms with Crippen molar-refractivity contribution in [3.8, 4) is 15.5 Å². The van der Waals surface area contributed by atoms with Crippen LogP contribution in [0.3, 0.4) is 0 Å². The van der Waals surface area contributed by atoms with Crippen LogP contribution in [0, 0.1) is 13.8 Å². The molecule has 78 valence electrons. The maximum atomic E-state index is 9.82. The standard InChI is InChI=1S/C11H10O2S2/c1-5-3-7-9(14-5)10-8(13-11(7)12)4-6(2)15-10/h3-4,11-12H,1-2H3. The highest BCUT2D eigenvalue weighted by Gasteiger charge is 2.28. The van der Waals surface area contributed by atoms with Gasteiger partial charge in [0.15, 0.2) is 0 Å². The summed E-state index contributed by atoms with van der Waals surface area (Å²) in [6.07, 6.45) is -0.800. The average molecular weight is 238 g/mol. The zero-order valence-electron chi connectivity index (χ0n) is 8.40. The van der Waals surface area contributed by atoms with Crippen LogP contribution in [0.4, 0.5) is 0 Å². The second kappa shape index (κ2) is 3.07. The third-order valence-corrected chi connectivity index (χ3v) is 4.68. The van der Waals surface area contributed by atoms with Crippen molar-refractivity contribution >= 4 is 22.7 Å². The molecule has 2 aromatic heterocycles. The summed E-state index contributed by atoms with van der Waals surface area (Å²) in [5, 5.41) is 9.82. The fraction of sp³-hybridized carbons (Fsp3) is 0.273. The first kappa shape index (κ1) is 9.39. The molecule has 15 heavy (non-hydrogen) atoms. The van der Waals surface area contributed by atoms with Gasteiger partial charge in [-0.05, 0) is 26.0 Å². The van der Waals surface area contributed by atoms with E-state index < -0.39 is 6.29 Å². The largest absolute Gasteiger partial charge is 0.459 e. The van der Waals surface area contributed by atoms with Crippen molar-refractivity contribution in [2.45, 2.75) is 20.1 Å². The van der Waals surface area contributed by atoms with Gasteiger partial charge in [0.1, 0.15) is 5.75 Å². The fourth-order valence-electron chi connectivity index (χ4n) is 1.82. The summed E-state index contributed by atoms with van der Waals surface area (Å²) in [4.78, 5) is 4.75. The summed E-state index contributed by atoms with van der Waals surface area (Å²) >= 11 is 3.44. The van der Waals surface area contributed by atoms with Gasteiger partial charge in [0.2, 0.25) is 6.29 Å². The van der Waals surface area contributed by atoms with E-state index >= 15 is 0 Å². The predicted molar refractivity (Wildman–Crippen MR) is 62.7 cm³/mol. The van der Waals surface area contributed by atoms with Gasteiger partial charge in [0, 0.05) is 15.3 Å². The molecule has 0 fully saturated rings. The lowest BCUT2D eigenvalue weighted by Gasteiger charge is -2.19. The minimum Gasteiger partial charge on any atom is -0.459 e. The highest BCUT2D eigenvalue weighted by Crippen LogP contribution is 2.49. The van der Waals surface area contributed by atoms with Gasteiger partial charge in [-0.15, -0.1) is 22.7 Å². The first-order chi connectivity index (χ1) is 7.15. The molecule has 1 N–H and O–H groups in total. The molecule has 1 aliphatic rings. The molecule has 1 atom stereocenters. The van der Waals surface area contributed by atoms with Crippen LogP contribution in [0.5, 0.6) is 5.75 Å². The molecule has 0 spiro atoms. The monoisotopic (exact) mass is 238 g/mol. The molecule has 0 aliphatic carbocycles. The molecule has 3 rings (SSSR count). The van der Waals surface area contributed by atoms with E-state index in [4.69, 9.17) is 4.74 Å². The van der Waals surface area contributed by atoms with Gasteiger partial charge in [-0.1, -0.05) is 0 Å². The van der Waals surface area contributed by atoms with E-state index in [1.165, 1.54) is 14.6 Å². The number of aliphatic hydroxyl groups is 1. The number of aliphatic hydroxyl groups excluding tert-OH is 1. The zero-order valence-corrected chi connectivity index (χ0v) is 10.0. The Morgan fingerprint density at radius 3 is 2.60 bits per heavy atom. The second-order valence-electron chi connectivity index (χ2n) is 3.66. The van der Waals surface area contributed by atoms with Crippen LogP contribution < -0.4 is 4.74 Å². The second-order valence-corrected chi connectivity index (χ2v) is 6.17. The van der Waals surface area contributed by atoms with Crippen molar-refractivity contribution in [2.24, 2.45) is 0 Å². The van der Waals surface area contributed by atoms with E-state index in [0.717, 1.165) is 16.2 Å². The van der Waals surface area contributed by atoms with Gasteiger partial charge in [-0.3, -0.25) is 0 Å². The van der Waals surface area contributed by atoms with Crippen molar-refractivity contribution < 1.29 is 9.84 Å². The molecule has 1 aliphatic heterocycles. The molecule has 2 aromatic rings. The lowest BCUT2D eigenvalue weighted by atomic mass is 10.1. The first-order valence-electron chi connectivity index (χ1n) is 4.71. The average Bonchev–Trinajstić information content (AvgIpc) is 2.68. The summed E-state index contributed by atoms with van der Waals surface area (Å²) in [5.41, 5.74) is 0.909. The van der Waals surface area contributed by atoms with Gasteiger partial charge in [0.25, 0.3) is 0 Å². The third-order valence-electron chi connectivity index (χ3n) is 2.42. The molecular formula is C11H10O2S2. The summed E-state index contributed by atoms with van der Waals surface area (Å²) in [6, 6.07) is 3.99. The van der Waals surface area contributed by atoms with Crippen molar-refractivity contribution in [3.63, 3.8) is 0 Å².